The van der Waals surface area contributed by atoms with E-state index in [2.05, 4.69) is 0 Å². The largest absolute Gasteiger partial charge is 0.508 e. The first-order valence-corrected chi connectivity index (χ1v) is 4.43. The average molecular weight is 197 g/mol. The van der Waals surface area contributed by atoms with Crippen molar-refractivity contribution in [3.63, 3.8) is 0 Å². The summed E-state index contributed by atoms with van der Waals surface area (Å²) in [5, 5.41) is 27.9. The van der Waals surface area contributed by atoms with Crippen molar-refractivity contribution in [1.29, 1.82) is 0 Å². The summed E-state index contributed by atoms with van der Waals surface area (Å²) in [6, 6.07) is 4.09. The van der Waals surface area contributed by atoms with Gasteiger partial charge in [0.15, 0.2) is 0 Å². The minimum Gasteiger partial charge on any atom is -0.508 e. The van der Waals surface area contributed by atoms with E-state index in [1.807, 2.05) is 0 Å². The smallest absolute Gasteiger partial charge is 0.120 e. The molecule has 14 heavy (non-hydrogen) atoms. The van der Waals surface area contributed by atoms with Gasteiger partial charge in [0.25, 0.3) is 0 Å². The normalized spacial score (nSPS) is 15.1. The summed E-state index contributed by atoms with van der Waals surface area (Å²) in [6.07, 6.45) is -0.770. The van der Waals surface area contributed by atoms with Crippen LogP contribution in [0.25, 0.3) is 0 Å². The molecule has 0 spiro atoms. The van der Waals surface area contributed by atoms with E-state index in [-0.39, 0.29) is 12.4 Å². The quantitative estimate of drug-likeness (QED) is 0.560. The molecule has 0 saturated heterocycles. The molecule has 0 bridgehead atoms. The maximum Gasteiger partial charge on any atom is 0.120 e. The second-order valence-electron chi connectivity index (χ2n) is 3.27. The van der Waals surface area contributed by atoms with Crippen molar-refractivity contribution in [3.05, 3.63) is 29.3 Å². The Hall–Kier alpha value is -1.10. The molecular weight excluding hydrogens is 182 g/mol. The molecule has 4 nitrogen and oxygen atoms in total. The van der Waals surface area contributed by atoms with E-state index in [9.17, 15) is 10.2 Å². The van der Waals surface area contributed by atoms with E-state index in [0.717, 1.165) is 0 Å². The highest BCUT2D eigenvalue weighted by Gasteiger charge is 2.18. The van der Waals surface area contributed by atoms with Crippen LogP contribution in [0.3, 0.4) is 0 Å². The zero-order valence-electron chi connectivity index (χ0n) is 8.01. The Morgan fingerprint density at radius 2 is 2.07 bits per heavy atom. The first-order chi connectivity index (χ1) is 6.57. The van der Waals surface area contributed by atoms with Crippen molar-refractivity contribution in [2.45, 2.75) is 25.7 Å². The molecular formula is C10H15NO3. The molecule has 0 radical (unpaired) electrons. The molecule has 0 aliphatic heterocycles. The Morgan fingerprint density at radius 3 is 2.57 bits per heavy atom. The zero-order valence-corrected chi connectivity index (χ0v) is 8.01. The standard InChI is InChI=1S/C10H15NO3/c1-6(13)10(11)9-7(5-12)3-2-4-8(9)14/h2-4,6,10,12-14H,5,11H2,1H3/t6-,10+/m1/s1. The van der Waals surface area contributed by atoms with Crippen molar-refractivity contribution < 1.29 is 15.3 Å². The van der Waals surface area contributed by atoms with Crippen molar-refractivity contribution in [1.82, 2.24) is 0 Å². The number of hydrogen-bond donors (Lipinski definition) is 4. The van der Waals surface area contributed by atoms with E-state index in [4.69, 9.17) is 10.8 Å². The molecule has 0 aliphatic carbocycles. The molecule has 0 aromatic heterocycles. The summed E-state index contributed by atoms with van der Waals surface area (Å²) in [7, 11) is 0. The molecule has 0 heterocycles. The third kappa shape index (κ3) is 2.04. The van der Waals surface area contributed by atoms with Crippen LogP contribution in [0.5, 0.6) is 5.75 Å². The summed E-state index contributed by atoms with van der Waals surface area (Å²) in [5.41, 5.74) is 6.64. The van der Waals surface area contributed by atoms with E-state index in [1.54, 1.807) is 12.1 Å². The van der Waals surface area contributed by atoms with E-state index >= 15 is 0 Å². The zero-order chi connectivity index (χ0) is 10.7. The number of hydrogen-bond acceptors (Lipinski definition) is 4. The van der Waals surface area contributed by atoms with Crippen LogP contribution < -0.4 is 5.73 Å². The Morgan fingerprint density at radius 1 is 1.43 bits per heavy atom. The first kappa shape index (κ1) is 11.0. The SMILES string of the molecule is C[C@@H](O)[C@H](N)c1c(O)cccc1CO. The lowest BCUT2D eigenvalue weighted by Gasteiger charge is -2.19. The second-order valence-corrected chi connectivity index (χ2v) is 3.27. The van der Waals surface area contributed by atoms with Crippen LogP contribution in [-0.2, 0) is 6.61 Å². The van der Waals surface area contributed by atoms with Gasteiger partial charge in [-0.25, -0.2) is 0 Å². The van der Waals surface area contributed by atoms with Crippen molar-refractivity contribution in [2.75, 3.05) is 0 Å². The van der Waals surface area contributed by atoms with Crippen LogP contribution in [0.4, 0.5) is 0 Å². The fourth-order valence-electron chi connectivity index (χ4n) is 1.36. The fourth-order valence-corrected chi connectivity index (χ4v) is 1.36. The van der Waals surface area contributed by atoms with Gasteiger partial charge in [0, 0.05) is 5.56 Å². The topological polar surface area (TPSA) is 86.7 Å². The van der Waals surface area contributed by atoms with Crippen LogP contribution in [-0.4, -0.2) is 21.4 Å². The van der Waals surface area contributed by atoms with E-state index in [1.165, 1.54) is 13.0 Å². The number of phenols is 1. The molecule has 78 valence electrons. The maximum atomic E-state index is 9.54. The van der Waals surface area contributed by atoms with Gasteiger partial charge in [-0.15, -0.1) is 0 Å². The predicted octanol–water partition coefficient (Wildman–Crippen LogP) is 0.265. The summed E-state index contributed by atoms with van der Waals surface area (Å²) in [4.78, 5) is 0. The summed E-state index contributed by atoms with van der Waals surface area (Å²) in [5.74, 6) is 0.00458. The van der Waals surface area contributed by atoms with E-state index in [0.29, 0.717) is 11.1 Å². The Kier molecular flexibility index (Phi) is 3.46. The highest BCUT2D eigenvalue weighted by Crippen LogP contribution is 2.28. The lowest BCUT2D eigenvalue weighted by Crippen LogP contribution is -2.24. The molecule has 2 atom stereocenters. The van der Waals surface area contributed by atoms with Crippen LogP contribution in [0.1, 0.15) is 24.1 Å². The van der Waals surface area contributed by atoms with Crippen molar-refractivity contribution in [2.24, 2.45) is 5.73 Å². The van der Waals surface area contributed by atoms with Crippen LogP contribution in [0, 0.1) is 0 Å². The minimum absolute atomic E-state index is 0.00458. The molecule has 1 rings (SSSR count). The molecule has 1 aromatic rings. The van der Waals surface area contributed by atoms with Gasteiger partial charge in [-0.1, -0.05) is 12.1 Å². The third-order valence-corrected chi connectivity index (χ3v) is 2.20. The maximum absolute atomic E-state index is 9.54. The number of benzene rings is 1. The van der Waals surface area contributed by atoms with Crippen LogP contribution in [0.2, 0.25) is 0 Å². The summed E-state index contributed by atoms with van der Waals surface area (Å²) in [6.45, 7) is 1.34. The second kappa shape index (κ2) is 4.41. The van der Waals surface area contributed by atoms with Crippen molar-refractivity contribution >= 4 is 0 Å². The molecule has 0 saturated carbocycles. The molecule has 4 heteroatoms. The lowest BCUT2D eigenvalue weighted by atomic mass is 9.97. The Bertz CT molecular complexity index is 312. The fraction of sp³-hybridized carbons (Fsp3) is 0.400. The molecule has 0 aliphatic rings. The Labute approximate surface area is 82.6 Å². The van der Waals surface area contributed by atoms with Crippen molar-refractivity contribution in [3.8, 4) is 5.75 Å². The number of phenolic OH excluding ortho intramolecular Hbond substituents is 1. The summed E-state index contributed by atoms with van der Waals surface area (Å²) >= 11 is 0. The number of rotatable bonds is 3. The first-order valence-electron chi connectivity index (χ1n) is 4.43. The molecule has 0 amide bonds. The number of nitrogens with two attached hydrogens (primary N) is 1. The van der Waals surface area contributed by atoms with E-state index < -0.39 is 12.1 Å². The van der Waals surface area contributed by atoms with Gasteiger partial charge in [-0.05, 0) is 18.6 Å². The molecule has 0 unspecified atom stereocenters. The van der Waals surface area contributed by atoms with Crippen LogP contribution in [0.15, 0.2) is 18.2 Å². The van der Waals surface area contributed by atoms with Gasteiger partial charge >= 0.3 is 0 Å². The number of aliphatic hydroxyl groups excluding tert-OH is 2. The van der Waals surface area contributed by atoms with Gasteiger partial charge < -0.3 is 21.1 Å². The molecule has 1 aromatic carbocycles. The van der Waals surface area contributed by atoms with Gasteiger partial charge in [0.05, 0.1) is 18.8 Å². The van der Waals surface area contributed by atoms with Gasteiger partial charge in [-0.2, -0.15) is 0 Å². The van der Waals surface area contributed by atoms with Gasteiger partial charge in [0.1, 0.15) is 5.75 Å². The average Bonchev–Trinajstić information content (AvgIpc) is 2.16. The monoisotopic (exact) mass is 197 g/mol. The minimum atomic E-state index is -0.770. The Balaban J connectivity index is 3.16. The molecule has 0 fully saturated rings. The highest BCUT2D eigenvalue weighted by molar-refractivity contribution is 5.41. The summed E-state index contributed by atoms with van der Waals surface area (Å²) < 4.78 is 0. The number of aliphatic hydroxyl groups is 2. The lowest BCUT2D eigenvalue weighted by molar-refractivity contribution is 0.161. The van der Waals surface area contributed by atoms with Gasteiger partial charge in [-0.3, -0.25) is 0 Å². The number of aromatic hydroxyl groups is 1. The predicted molar refractivity (Wildman–Crippen MR) is 52.6 cm³/mol. The highest BCUT2D eigenvalue weighted by atomic mass is 16.3. The third-order valence-electron chi connectivity index (χ3n) is 2.20. The van der Waals surface area contributed by atoms with Crippen LogP contribution >= 0.6 is 0 Å². The van der Waals surface area contributed by atoms with Gasteiger partial charge in [0.2, 0.25) is 0 Å². The molecule has 5 N–H and O–H groups in total.